The number of β-lactam (4-membered cyclic amide) rings is 1. The van der Waals surface area contributed by atoms with Crippen molar-refractivity contribution in [3.63, 3.8) is 0 Å². The number of rotatable bonds is 1. The molecule has 0 aromatic heterocycles. The van der Waals surface area contributed by atoms with Gasteiger partial charge in [-0.1, -0.05) is 30.3 Å². The third-order valence-electron chi connectivity index (χ3n) is 2.94. The third kappa shape index (κ3) is 1.76. The molecule has 1 aromatic carbocycles. The Labute approximate surface area is 90.9 Å². The maximum absolute atomic E-state index is 11.9. The topological polar surface area (TPSA) is 20.3 Å². The first-order chi connectivity index (χ1) is 7.00. The van der Waals surface area contributed by atoms with Gasteiger partial charge in [0.1, 0.15) is 0 Å². The van der Waals surface area contributed by atoms with Gasteiger partial charge in [-0.15, -0.1) is 0 Å². The van der Waals surface area contributed by atoms with Gasteiger partial charge in [0, 0.05) is 12.1 Å². The molecule has 0 radical (unpaired) electrons. The molecule has 1 aromatic rings. The number of benzene rings is 1. The molecule has 1 heterocycles. The Morgan fingerprint density at radius 3 is 2.27 bits per heavy atom. The fourth-order valence-electron chi connectivity index (χ4n) is 1.96. The summed E-state index contributed by atoms with van der Waals surface area (Å²) >= 11 is 0. The number of carbonyl (C=O) groups is 1. The van der Waals surface area contributed by atoms with Crippen LogP contribution in [0.25, 0.3) is 0 Å². The Morgan fingerprint density at radius 2 is 1.80 bits per heavy atom. The van der Waals surface area contributed by atoms with Crippen LogP contribution in [0, 0.1) is 0 Å². The number of carbonyl (C=O) groups excluding carboxylic acids is 1. The standard InChI is InChI=1S/C13H17NO/c1-13(2,3)14-9-11(12(14)15)10-7-5-4-6-8-10/h4-8,11H,9H2,1-3H3/t11-/m0/s1. The van der Waals surface area contributed by atoms with Crippen molar-refractivity contribution in [2.45, 2.75) is 32.2 Å². The summed E-state index contributed by atoms with van der Waals surface area (Å²) in [5.74, 6) is 0.346. The molecule has 1 aliphatic rings. The van der Waals surface area contributed by atoms with Crippen LogP contribution in [0.3, 0.4) is 0 Å². The summed E-state index contributed by atoms with van der Waals surface area (Å²) in [6.45, 7) is 7.08. The smallest absolute Gasteiger partial charge is 0.232 e. The van der Waals surface area contributed by atoms with Crippen LogP contribution in [-0.2, 0) is 4.79 Å². The Balaban J connectivity index is 2.11. The second kappa shape index (κ2) is 3.37. The van der Waals surface area contributed by atoms with E-state index in [1.54, 1.807) is 0 Å². The van der Waals surface area contributed by atoms with E-state index in [-0.39, 0.29) is 17.4 Å². The first-order valence-electron chi connectivity index (χ1n) is 5.36. The van der Waals surface area contributed by atoms with Gasteiger partial charge in [-0.2, -0.15) is 0 Å². The van der Waals surface area contributed by atoms with Gasteiger partial charge in [-0.3, -0.25) is 4.79 Å². The van der Waals surface area contributed by atoms with Crippen molar-refractivity contribution in [3.8, 4) is 0 Å². The molecule has 0 N–H and O–H groups in total. The Hall–Kier alpha value is -1.31. The van der Waals surface area contributed by atoms with E-state index in [9.17, 15) is 4.79 Å². The van der Waals surface area contributed by atoms with E-state index in [0.717, 1.165) is 12.1 Å². The summed E-state index contributed by atoms with van der Waals surface area (Å²) < 4.78 is 0. The minimum atomic E-state index is -0.0393. The van der Waals surface area contributed by atoms with Gasteiger partial charge in [0.15, 0.2) is 0 Å². The fraction of sp³-hybridized carbons (Fsp3) is 0.462. The van der Waals surface area contributed by atoms with E-state index in [1.807, 2.05) is 35.2 Å². The van der Waals surface area contributed by atoms with E-state index in [1.165, 1.54) is 0 Å². The van der Waals surface area contributed by atoms with Crippen LogP contribution in [-0.4, -0.2) is 22.9 Å². The fourth-order valence-corrected chi connectivity index (χ4v) is 1.96. The van der Waals surface area contributed by atoms with Gasteiger partial charge < -0.3 is 4.90 Å². The number of hydrogen-bond acceptors (Lipinski definition) is 1. The lowest BCUT2D eigenvalue weighted by Gasteiger charge is -2.47. The van der Waals surface area contributed by atoms with Crippen molar-refractivity contribution in [3.05, 3.63) is 35.9 Å². The minimum Gasteiger partial charge on any atom is -0.336 e. The Bertz CT molecular complexity index is 364. The summed E-state index contributed by atoms with van der Waals surface area (Å²) in [6, 6.07) is 10.0. The molecule has 0 bridgehead atoms. The van der Waals surface area contributed by atoms with Gasteiger partial charge in [0.25, 0.3) is 0 Å². The van der Waals surface area contributed by atoms with Gasteiger partial charge in [-0.25, -0.2) is 0 Å². The first-order valence-corrected chi connectivity index (χ1v) is 5.36. The highest BCUT2D eigenvalue weighted by atomic mass is 16.2. The van der Waals surface area contributed by atoms with Crippen LogP contribution in [0.1, 0.15) is 32.3 Å². The van der Waals surface area contributed by atoms with E-state index in [0.29, 0.717) is 0 Å². The zero-order chi connectivity index (χ0) is 11.1. The van der Waals surface area contributed by atoms with Gasteiger partial charge in [0.05, 0.1) is 5.92 Å². The van der Waals surface area contributed by atoms with Crippen LogP contribution in [0.4, 0.5) is 0 Å². The number of likely N-dealkylation sites (tertiary alicyclic amines) is 1. The van der Waals surface area contributed by atoms with E-state index in [2.05, 4.69) is 20.8 Å². The van der Waals surface area contributed by atoms with E-state index < -0.39 is 0 Å². The van der Waals surface area contributed by atoms with Gasteiger partial charge >= 0.3 is 0 Å². The molecular weight excluding hydrogens is 186 g/mol. The number of amides is 1. The monoisotopic (exact) mass is 203 g/mol. The zero-order valence-corrected chi connectivity index (χ0v) is 9.53. The number of hydrogen-bond donors (Lipinski definition) is 0. The maximum atomic E-state index is 11.9. The molecule has 15 heavy (non-hydrogen) atoms. The second-order valence-corrected chi connectivity index (χ2v) is 5.08. The van der Waals surface area contributed by atoms with Crippen LogP contribution in [0.5, 0.6) is 0 Å². The largest absolute Gasteiger partial charge is 0.336 e. The lowest BCUT2D eigenvalue weighted by molar-refractivity contribution is -0.149. The van der Waals surface area contributed by atoms with Crippen molar-refractivity contribution in [1.29, 1.82) is 0 Å². The average molecular weight is 203 g/mol. The highest BCUT2D eigenvalue weighted by Crippen LogP contribution is 2.33. The van der Waals surface area contributed by atoms with Crippen molar-refractivity contribution >= 4 is 5.91 Å². The Morgan fingerprint density at radius 1 is 1.20 bits per heavy atom. The molecule has 0 unspecified atom stereocenters. The summed E-state index contributed by atoms with van der Waals surface area (Å²) in [7, 11) is 0. The zero-order valence-electron chi connectivity index (χ0n) is 9.53. The normalized spacial score (nSPS) is 21.4. The quantitative estimate of drug-likeness (QED) is 0.642. The lowest BCUT2D eigenvalue weighted by Crippen LogP contribution is -2.59. The van der Waals surface area contributed by atoms with Crippen LogP contribution in [0.15, 0.2) is 30.3 Å². The highest BCUT2D eigenvalue weighted by Gasteiger charge is 2.42. The van der Waals surface area contributed by atoms with Crippen molar-refractivity contribution < 1.29 is 4.79 Å². The SMILES string of the molecule is CC(C)(C)N1C[C@@H](c2ccccc2)C1=O. The van der Waals surface area contributed by atoms with Crippen LogP contribution >= 0.6 is 0 Å². The number of nitrogens with zero attached hydrogens (tertiary/aromatic N) is 1. The predicted molar refractivity (Wildman–Crippen MR) is 60.6 cm³/mol. The highest BCUT2D eigenvalue weighted by molar-refractivity contribution is 5.90. The van der Waals surface area contributed by atoms with Gasteiger partial charge in [0.2, 0.25) is 5.91 Å². The molecule has 0 aliphatic carbocycles. The van der Waals surface area contributed by atoms with E-state index in [4.69, 9.17) is 0 Å². The molecule has 80 valence electrons. The van der Waals surface area contributed by atoms with E-state index >= 15 is 0 Å². The van der Waals surface area contributed by atoms with Gasteiger partial charge in [-0.05, 0) is 26.3 Å². The minimum absolute atomic E-state index is 0.0393. The molecule has 1 amide bonds. The molecular formula is C13H17NO. The molecule has 1 atom stereocenters. The summed E-state index contributed by atoms with van der Waals surface area (Å²) in [6.07, 6.45) is 0. The van der Waals surface area contributed by atoms with Crippen molar-refractivity contribution in [1.82, 2.24) is 4.90 Å². The lowest BCUT2D eigenvalue weighted by atomic mass is 9.86. The molecule has 0 saturated carbocycles. The van der Waals surface area contributed by atoms with Crippen molar-refractivity contribution in [2.24, 2.45) is 0 Å². The van der Waals surface area contributed by atoms with Crippen LogP contribution < -0.4 is 0 Å². The molecule has 2 heteroatoms. The first kappa shape index (κ1) is 10.2. The molecule has 1 aliphatic heterocycles. The molecule has 1 fully saturated rings. The summed E-state index contributed by atoms with van der Waals surface area (Å²) in [4.78, 5) is 13.9. The molecule has 0 spiro atoms. The van der Waals surface area contributed by atoms with Crippen molar-refractivity contribution in [2.75, 3.05) is 6.54 Å². The average Bonchev–Trinajstić information content (AvgIpc) is 2.15. The molecule has 2 nitrogen and oxygen atoms in total. The predicted octanol–water partition coefficient (Wildman–Crippen LogP) is 2.41. The maximum Gasteiger partial charge on any atom is 0.232 e. The van der Waals surface area contributed by atoms with Crippen LogP contribution in [0.2, 0.25) is 0 Å². The third-order valence-corrected chi connectivity index (χ3v) is 2.94. The Kier molecular flexibility index (Phi) is 2.29. The second-order valence-electron chi connectivity index (χ2n) is 5.08. The molecule has 2 rings (SSSR count). The summed E-state index contributed by atoms with van der Waals surface area (Å²) in [5, 5.41) is 0. The molecule has 1 saturated heterocycles. The summed E-state index contributed by atoms with van der Waals surface area (Å²) in [5.41, 5.74) is 1.10.